The van der Waals surface area contributed by atoms with E-state index in [1.807, 2.05) is 0 Å². The van der Waals surface area contributed by atoms with Crippen molar-refractivity contribution in [3.63, 3.8) is 0 Å². The highest BCUT2D eigenvalue weighted by molar-refractivity contribution is 5.42. The summed E-state index contributed by atoms with van der Waals surface area (Å²) in [7, 11) is 0. The number of aromatic nitrogens is 1. The molecule has 0 bridgehead atoms. The average Bonchev–Trinajstić information content (AvgIpc) is 2.05. The summed E-state index contributed by atoms with van der Waals surface area (Å²) in [6.07, 6.45) is 0.349. The summed E-state index contributed by atoms with van der Waals surface area (Å²) < 4.78 is 24.0. The fraction of sp³-hybridized carbons (Fsp3) is 0.125. The van der Waals surface area contributed by atoms with Crippen LogP contribution >= 0.6 is 0 Å². The molecule has 11 heavy (non-hydrogen) atoms. The fourth-order valence-electron chi connectivity index (χ4n) is 0.713. The first-order chi connectivity index (χ1) is 5.24. The van der Waals surface area contributed by atoms with E-state index in [-0.39, 0.29) is 5.56 Å². The maximum absolute atomic E-state index is 12.0. The second kappa shape index (κ2) is 3.23. The van der Waals surface area contributed by atoms with Crippen LogP contribution in [0.1, 0.15) is 17.7 Å². The van der Waals surface area contributed by atoms with Crippen LogP contribution in [0, 0.1) is 0 Å². The molecule has 0 saturated carbocycles. The number of hydrogen-bond acceptors (Lipinski definition) is 1. The Balaban J connectivity index is 3.00. The third kappa shape index (κ3) is 1.83. The number of hydrogen-bond donors (Lipinski definition) is 0. The van der Waals surface area contributed by atoms with Crippen LogP contribution in [0.3, 0.4) is 0 Å². The maximum atomic E-state index is 12.0. The van der Waals surface area contributed by atoms with Gasteiger partial charge < -0.3 is 0 Å². The lowest BCUT2D eigenvalue weighted by Crippen LogP contribution is -1.86. The van der Waals surface area contributed by atoms with Gasteiger partial charge in [-0.05, 0) is 18.2 Å². The normalized spacial score (nSPS) is 10.1. The molecule has 0 atom stereocenters. The predicted molar refractivity (Wildman–Crippen MR) is 39.3 cm³/mol. The highest BCUT2D eigenvalue weighted by Gasteiger charge is 2.05. The number of pyridine rings is 1. The van der Waals surface area contributed by atoms with E-state index < -0.39 is 6.43 Å². The van der Waals surface area contributed by atoms with Gasteiger partial charge in [0.2, 0.25) is 0 Å². The minimum Gasteiger partial charge on any atom is -0.257 e. The topological polar surface area (TPSA) is 12.9 Å². The van der Waals surface area contributed by atoms with E-state index in [1.54, 1.807) is 0 Å². The highest BCUT2D eigenvalue weighted by Crippen LogP contribution is 2.18. The molecule has 0 saturated heterocycles. The lowest BCUT2D eigenvalue weighted by Gasteiger charge is -1.98. The molecule has 0 aliphatic carbocycles. The molecule has 1 rings (SSSR count). The monoisotopic (exact) mass is 155 g/mol. The van der Waals surface area contributed by atoms with E-state index >= 15 is 0 Å². The summed E-state index contributed by atoms with van der Waals surface area (Å²) in [5, 5.41) is 0. The van der Waals surface area contributed by atoms with Gasteiger partial charge in [0, 0.05) is 11.8 Å². The van der Waals surface area contributed by atoms with E-state index in [0.29, 0.717) is 5.69 Å². The van der Waals surface area contributed by atoms with Crippen molar-refractivity contribution in [3.8, 4) is 0 Å². The molecular weight excluding hydrogens is 148 g/mol. The van der Waals surface area contributed by atoms with Crippen LogP contribution in [0.15, 0.2) is 24.9 Å². The Hall–Kier alpha value is -1.25. The Kier molecular flexibility index (Phi) is 2.31. The molecule has 0 unspecified atom stereocenters. The van der Waals surface area contributed by atoms with E-state index in [1.165, 1.54) is 24.4 Å². The zero-order valence-electron chi connectivity index (χ0n) is 5.80. The van der Waals surface area contributed by atoms with E-state index in [4.69, 9.17) is 0 Å². The highest BCUT2D eigenvalue weighted by atomic mass is 19.3. The summed E-state index contributed by atoms with van der Waals surface area (Å²) in [5.74, 6) is 0. The third-order valence-corrected chi connectivity index (χ3v) is 1.27. The van der Waals surface area contributed by atoms with Gasteiger partial charge in [-0.3, -0.25) is 4.98 Å². The van der Waals surface area contributed by atoms with Gasteiger partial charge in [0.05, 0.1) is 5.69 Å². The maximum Gasteiger partial charge on any atom is 0.263 e. The van der Waals surface area contributed by atoms with Crippen LogP contribution in [-0.4, -0.2) is 4.98 Å². The molecule has 1 aromatic heterocycles. The SMILES string of the molecule is C=Cc1cc(C(F)F)ccn1. The Morgan fingerprint density at radius 1 is 1.55 bits per heavy atom. The second-order valence-corrected chi connectivity index (χ2v) is 2.02. The van der Waals surface area contributed by atoms with Crippen molar-refractivity contribution in [3.05, 3.63) is 36.2 Å². The lowest BCUT2D eigenvalue weighted by molar-refractivity contribution is 0.151. The summed E-state index contributed by atoms with van der Waals surface area (Å²) in [6, 6.07) is 2.61. The molecular formula is C8H7F2N. The van der Waals surface area contributed by atoms with Crippen LogP contribution < -0.4 is 0 Å². The Morgan fingerprint density at radius 3 is 2.82 bits per heavy atom. The number of alkyl halides is 2. The van der Waals surface area contributed by atoms with Crippen LogP contribution in [0.25, 0.3) is 6.08 Å². The van der Waals surface area contributed by atoms with Gasteiger partial charge in [0.15, 0.2) is 0 Å². The summed E-state index contributed by atoms with van der Waals surface area (Å²) >= 11 is 0. The summed E-state index contributed by atoms with van der Waals surface area (Å²) in [4.78, 5) is 3.79. The van der Waals surface area contributed by atoms with Gasteiger partial charge in [0.1, 0.15) is 0 Å². The minimum atomic E-state index is -2.43. The molecule has 0 fully saturated rings. The molecule has 0 spiro atoms. The summed E-state index contributed by atoms with van der Waals surface area (Å²) in [5.41, 5.74) is 0.456. The quantitative estimate of drug-likeness (QED) is 0.639. The first-order valence-corrected chi connectivity index (χ1v) is 3.10. The van der Waals surface area contributed by atoms with E-state index in [9.17, 15) is 8.78 Å². The molecule has 1 nitrogen and oxygen atoms in total. The predicted octanol–water partition coefficient (Wildman–Crippen LogP) is 2.66. The van der Waals surface area contributed by atoms with Crippen LogP contribution in [0.4, 0.5) is 8.78 Å². The first-order valence-electron chi connectivity index (χ1n) is 3.10. The van der Waals surface area contributed by atoms with Crippen LogP contribution in [-0.2, 0) is 0 Å². The molecule has 0 radical (unpaired) electrons. The Labute approximate surface area is 63.4 Å². The van der Waals surface area contributed by atoms with Crippen molar-refractivity contribution in [2.45, 2.75) is 6.43 Å². The standard InChI is InChI=1S/C8H7F2N/c1-2-7-5-6(8(9)10)3-4-11-7/h2-5,8H,1H2. The number of rotatable bonds is 2. The van der Waals surface area contributed by atoms with Crippen LogP contribution in [0.2, 0.25) is 0 Å². The molecule has 1 aromatic rings. The molecule has 3 heteroatoms. The molecule has 1 heterocycles. The zero-order chi connectivity index (χ0) is 8.27. The second-order valence-electron chi connectivity index (χ2n) is 2.02. The zero-order valence-corrected chi connectivity index (χ0v) is 5.80. The smallest absolute Gasteiger partial charge is 0.257 e. The molecule has 0 aliphatic rings. The fourth-order valence-corrected chi connectivity index (χ4v) is 0.713. The molecule has 58 valence electrons. The van der Waals surface area contributed by atoms with Crippen LogP contribution in [0.5, 0.6) is 0 Å². The Bertz CT molecular complexity index is 258. The molecule has 0 amide bonds. The molecule has 0 aromatic carbocycles. The van der Waals surface area contributed by atoms with E-state index in [0.717, 1.165) is 0 Å². The van der Waals surface area contributed by atoms with Gasteiger partial charge in [-0.2, -0.15) is 0 Å². The van der Waals surface area contributed by atoms with Gasteiger partial charge in [-0.25, -0.2) is 8.78 Å². The van der Waals surface area contributed by atoms with Crippen molar-refractivity contribution in [1.29, 1.82) is 0 Å². The average molecular weight is 155 g/mol. The third-order valence-electron chi connectivity index (χ3n) is 1.27. The van der Waals surface area contributed by atoms with Crippen molar-refractivity contribution in [2.75, 3.05) is 0 Å². The minimum absolute atomic E-state index is 0.0186. The van der Waals surface area contributed by atoms with Gasteiger partial charge >= 0.3 is 0 Å². The molecule has 0 aliphatic heterocycles. The number of halogens is 2. The van der Waals surface area contributed by atoms with Gasteiger partial charge in [-0.1, -0.05) is 6.58 Å². The van der Waals surface area contributed by atoms with Crippen molar-refractivity contribution >= 4 is 6.08 Å². The largest absolute Gasteiger partial charge is 0.263 e. The van der Waals surface area contributed by atoms with Gasteiger partial charge in [-0.15, -0.1) is 0 Å². The van der Waals surface area contributed by atoms with Crippen molar-refractivity contribution in [2.24, 2.45) is 0 Å². The molecule has 0 N–H and O–H groups in total. The van der Waals surface area contributed by atoms with Crippen molar-refractivity contribution in [1.82, 2.24) is 4.98 Å². The van der Waals surface area contributed by atoms with Crippen molar-refractivity contribution < 1.29 is 8.78 Å². The lowest BCUT2D eigenvalue weighted by atomic mass is 10.2. The summed E-state index contributed by atoms with van der Waals surface area (Å²) in [6.45, 7) is 3.42. The van der Waals surface area contributed by atoms with E-state index in [2.05, 4.69) is 11.6 Å². The van der Waals surface area contributed by atoms with Gasteiger partial charge in [0.25, 0.3) is 6.43 Å². The number of nitrogens with zero attached hydrogens (tertiary/aromatic N) is 1. The first kappa shape index (κ1) is 7.85. The Morgan fingerprint density at radius 2 is 2.27 bits per heavy atom.